The van der Waals surface area contributed by atoms with Gasteiger partial charge < -0.3 is 11.1 Å². The number of hydrogen-bond donors (Lipinski definition) is 2. The highest BCUT2D eigenvalue weighted by atomic mass is 32.1. The molecular formula is C16H20N2OS. The molecule has 2 rings (SSSR count). The summed E-state index contributed by atoms with van der Waals surface area (Å²) in [4.78, 5) is 13.5. The van der Waals surface area contributed by atoms with Crippen molar-refractivity contribution in [2.24, 2.45) is 5.92 Å². The Morgan fingerprint density at radius 1 is 1.30 bits per heavy atom. The number of nitrogens with two attached hydrogens (primary N) is 1. The van der Waals surface area contributed by atoms with Crippen molar-refractivity contribution in [3.63, 3.8) is 0 Å². The molecule has 3 nitrogen and oxygen atoms in total. The number of carbonyl (C=O) groups is 1. The maximum absolute atomic E-state index is 12.4. The minimum absolute atomic E-state index is 0.0324. The van der Waals surface area contributed by atoms with Gasteiger partial charge in [-0.05, 0) is 42.0 Å². The first-order valence-corrected chi connectivity index (χ1v) is 7.57. The third-order valence-corrected chi connectivity index (χ3v) is 4.30. The molecule has 1 unspecified atom stereocenters. The number of benzene rings is 1. The molecule has 0 saturated heterocycles. The van der Waals surface area contributed by atoms with Gasteiger partial charge in [0.1, 0.15) is 0 Å². The summed E-state index contributed by atoms with van der Waals surface area (Å²) in [6.07, 6.45) is 0. The van der Waals surface area contributed by atoms with Crippen molar-refractivity contribution in [1.82, 2.24) is 5.32 Å². The number of rotatable bonds is 4. The third-order valence-electron chi connectivity index (χ3n) is 3.34. The zero-order valence-electron chi connectivity index (χ0n) is 12.0. The lowest BCUT2D eigenvalue weighted by atomic mass is 10.0. The van der Waals surface area contributed by atoms with Crippen molar-refractivity contribution in [2.45, 2.75) is 26.8 Å². The van der Waals surface area contributed by atoms with Gasteiger partial charge in [0.2, 0.25) is 0 Å². The van der Waals surface area contributed by atoms with Crippen LogP contribution in [-0.4, -0.2) is 5.91 Å². The predicted molar refractivity (Wildman–Crippen MR) is 85.0 cm³/mol. The van der Waals surface area contributed by atoms with E-state index in [-0.39, 0.29) is 11.9 Å². The van der Waals surface area contributed by atoms with E-state index in [0.29, 0.717) is 17.2 Å². The van der Waals surface area contributed by atoms with Crippen LogP contribution in [0.3, 0.4) is 0 Å². The molecule has 1 aromatic carbocycles. The molecule has 0 aliphatic rings. The molecule has 3 N–H and O–H groups in total. The van der Waals surface area contributed by atoms with E-state index in [2.05, 4.69) is 25.2 Å². The molecule has 1 amide bonds. The first-order valence-electron chi connectivity index (χ1n) is 6.69. The van der Waals surface area contributed by atoms with Crippen LogP contribution in [0.4, 0.5) is 5.69 Å². The largest absolute Gasteiger partial charge is 0.398 e. The molecule has 0 aliphatic heterocycles. The Morgan fingerprint density at radius 3 is 2.60 bits per heavy atom. The van der Waals surface area contributed by atoms with Crippen molar-refractivity contribution in [2.75, 3.05) is 5.73 Å². The lowest BCUT2D eigenvalue weighted by Gasteiger charge is -2.21. The Hall–Kier alpha value is -1.81. The van der Waals surface area contributed by atoms with E-state index in [1.165, 1.54) is 4.88 Å². The second kappa shape index (κ2) is 6.09. The van der Waals surface area contributed by atoms with E-state index >= 15 is 0 Å². The Kier molecular flexibility index (Phi) is 4.45. The van der Waals surface area contributed by atoms with E-state index in [1.54, 1.807) is 17.4 Å². The highest BCUT2D eigenvalue weighted by Crippen LogP contribution is 2.26. The third kappa shape index (κ3) is 3.20. The molecule has 20 heavy (non-hydrogen) atoms. The van der Waals surface area contributed by atoms with Gasteiger partial charge in [-0.2, -0.15) is 0 Å². The molecule has 1 atom stereocenters. The number of amides is 1. The minimum Gasteiger partial charge on any atom is -0.398 e. The van der Waals surface area contributed by atoms with Gasteiger partial charge in [0.15, 0.2) is 0 Å². The van der Waals surface area contributed by atoms with Gasteiger partial charge in [0, 0.05) is 16.1 Å². The summed E-state index contributed by atoms with van der Waals surface area (Å²) in [7, 11) is 0. The van der Waals surface area contributed by atoms with Crippen molar-refractivity contribution < 1.29 is 4.79 Å². The van der Waals surface area contributed by atoms with Crippen LogP contribution < -0.4 is 11.1 Å². The lowest BCUT2D eigenvalue weighted by molar-refractivity contribution is 0.0926. The number of thiophene rings is 1. The van der Waals surface area contributed by atoms with E-state index in [0.717, 1.165) is 5.56 Å². The number of nitrogen functional groups attached to an aromatic ring is 1. The molecule has 1 aromatic heterocycles. The lowest BCUT2D eigenvalue weighted by Crippen LogP contribution is -2.31. The summed E-state index contributed by atoms with van der Waals surface area (Å²) in [5.41, 5.74) is 8.11. The van der Waals surface area contributed by atoms with Gasteiger partial charge in [0.25, 0.3) is 5.91 Å². The van der Waals surface area contributed by atoms with E-state index in [9.17, 15) is 4.79 Å². The average Bonchev–Trinajstić information content (AvgIpc) is 2.92. The number of anilines is 1. The Balaban J connectivity index is 2.18. The number of carbonyl (C=O) groups excluding carboxylic acids is 1. The molecule has 0 aliphatic carbocycles. The standard InChI is InChI=1S/C16H20N2OS/c1-10(2)15(14-5-4-8-20-14)18-16(19)12-7-6-11(3)13(17)9-12/h4-10,15H,17H2,1-3H3,(H,18,19). The van der Waals surface area contributed by atoms with Crippen LogP contribution in [0, 0.1) is 12.8 Å². The summed E-state index contributed by atoms with van der Waals surface area (Å²) >= 11 is 1.66. The second-order valence-electron chi connectivity index (χ2n) is 5.28. The van der Waals surface area contributed by atoms with Gasteiger partial charge in [-0.3, -0.25) is 4.79 Å². The molecular weight excluding hydrogens is 268 g/mol. The fourth-order valence-electron chi connectivity index (χ4n) is 2.04. The molecule has 106 valence electrons. The van der Waals surface area contributed by atoms with Gasteiger partial charge in [-0.15, -0.1) is 11.3 Å². The van der Waals surface area contributed by atoms with E-state index < -0.39 is 0 Å². The van der Waals surface area contributed by atoms with Gasteiger partial charge in [-0.1, -0.05) is 26.0 Å². The van der Waals surface area contributed by atoms with Crippen LogP contribution in [0.2, 0.25) is 0 Å². The van der Waals surface area contributed by atoms with Gasteiger partial charge in [0.05, 0.1) is 6.04 Å². The average molecular weight is 288 g/mol. The first-order chi connectivity index (χ1) is 9.49. The maximum atomic E-state index is 12.4. The fourth-order valence-corrected chi connectivity index (χ4v) is 2.99. The van der Waals surface area contributed by atoms with Crippen molar-refractivity contribution in [3.05, 3.63) is 51.7 Å². The monoisotopic (exact) mass is 288 g/mol. The zero-order valence-corrected chi connectivity index (χ0v) is 12.8. The first kappa shape index (κ1) is 14.6. The summed E-state index contributed by atoms with van der Waals surface area (Å²) in [6, 6.07) is 9.51. The minimum atomic E-state index is -0.0798. The van der Waals surface area contributed by atoms with Crippen LogP contribution >= 0.6 is 11.3 Å². The number of nitrogens with one attached hydrogen (secondary N) is 1. The molecule has 4 heteroatoms. The quantitative estimate of drug-likeness (QED) is 0.841. The van der Waals surface area contributed by atoms with Crippen LogP contribution in [0.1, 0.15) is 40.7 Å². The number of hydrogen-bond acceptors (Lipinski definition) is 3. The Bertz CT molecular complexity index is 591. The normalized spacial score (nSPS) is 12.4. The van der Waals surface area contributed by atoms with Crippen LogP contribution in [0.5, 0.6) is 0 Å². The topological polar surface area (TPSA) is 55.1 Å². The molecule has 1 heterocycles. The molecule has 0 radical (unpaired) electrons. The second-order valence-corrected chi connectivity index (χ2v) is 6.26. The molecule has 0 fully saturated rings. The van der Waals surface area contributed by atoms with Crippen LogP contribution in [-0.2, 0) is 0 Å². The van der Waals surface area contributed by atoms with Crippen molar-refractivity contribution >= 4 is 22.9 Å². The highest BCUT2D eigenvalue weighted by Gasteiger charge is 2.20. The highest BCUT2D eigenvalue weighted by molar-refractivity contribution is 7.10. The smallest absolute Gasteiger partial charge is 0.251 e. The van der Waals surface area contributed by atoms with Gasteiger partial charge in [-0.25, -0.2) is 0 Å². The van der Waals surface area contributed by atoms with Crippen LogP contribution in [0.15, 0.2) is 35.7 Å². The molecule has 0 saturated carbocycles. The molecule has 0 spiro atoms. The van der Waals surface area contributed by atoms with E-state index in [1.807, 2.05) is 30.5 Å². The Labute approximate surface area is 123 Å². The predicted octanol–water partition coefficient (Wildman–Crippen LogP) is 3.77. The van der Waals surface area contributed by atoms with Crippen molar-refractivity contribution in [3.8, 4) is 0 Å². The molecule has 0 bridgehead atoms. The van der Waals surface area contributed by atoms with E-state index in [4.69, 9.17) is 5.73 Å². The zero-order chi connectivity index (χ0) is 14.7. The summed E-state index contributed by atoms with van der Waals surface area (Å²) in [5.74, 6) is 0.254. The van der Waals surface area contributed by atoms with Crippen molar-refractivity contribution in [1.29, 1.82) is 0 Å². The summed E-state index contributed by atoms with van der Waals surface area (Å²) in [5, 5.41) is 5.13. The SMILES string of the molecule is Cc1ccc(C(=O)NC(c2cccs2)C(C)C)cc1N. The van der Waals surface area contributed by atoms with Gasteiger partial charge >= 0.3 is 0 Å². The van der Waals surface area contributed by atoms with Crippen LogP contribution in [0.25, 0.3) is 0 Å². The summed E-state index contributed by atoms with van der Waals surface area (Å²) in [6.45, 7) is 6.14. The number of aryl methyl sites for hydroxylation is 1. The maximum Gasteiger partial charge on any atom is 0.251 e. The molecule has 2 aromatic rings. The Morgan fingerprint density at radius 2 is 2.05 bits per heavy atom. The summed E-state index contributed by atoms with van der Waals surface area (Å²) < 4.78 is 0. The fraction of sp³-hybridized carbons (Fsp3) is 0.312.